The number of carbonyl (C=O) groups is 2. The van der Waals surface area contributed by atoms with E-state index >= 15 is 0 Å². The molecule has 0 radical (unpaired) electrons. The van der Waals surface area contributed by atoms with Crippen LogP contribution in [0.2, 0.25) is 15.1 Å². The molecule has 1 atom stereocenters. The number of hydrogen-bond acceptors (Lipinski definition) is 2. The molecule has 2 amide bonds. The molecule has 8 heteroatoms. The van der Waals surface area contributed by atoms with Crippen molar-refractivity contribution in [2.24, 2.45) is 0 Å². The van der Waals surface area contributed by atoms with Crippen molar-refractivity contribution in [1.82, 2.24) is 10.2 Å². The summed E-state index contributed by atoms with van der Waals surface area (Å²) in [6.07, 6.45) is 0.0492. The first-order valence-electron chi connectivity index (χ1n) is 9.91. The Bertz CT molecular complexity index is 920. The summed E-state index contributed by atoms with van der Waals surface area (Å²) < 4.78 is 14.3. The van der Waals surface area contributed by atoms with Gasteiger partial charge in [0.1, 0.15) is 11.9 Å². The summed E-state index contributed by atoms with van der Waals surface area (Å²) in [5.41, 5.74) is 0.104. The standard InChI is InChI=1S/C23H26Cl3FN2O2/c1-5-20(22(31)28-23(2,3)4)29(13-15-17(25)8-6-9-18(15)26)21(30)12-14-16(24)10-7-11-19(14)27/h6-11,20H,5,12-13H2,1-4H3,(H,28,31)/t20-/m1/s1. The van der Waals surface area contributed by atoms with Crippen LogP contribution in [0.4, 0.5) is 4.39 Å². The number of amides is 2. The van der Waals surface area contributed by atoms with Gasteiger partial charge in [-0.3, -0.25) is 9.59 Å². The SMILES string of the molecule is CC[C@H](C(=O)NC(C)(C)C)N(Cc1c(Cl)cccc1Cl)C(=O)Cc1c(F)cccc1Cl. The van der Waals surface area contributed by atoms with Gasteiger partial charge in [-0.05, 0) is 51.5 Å². The highest BCUT2D eigenvalue weighted by Gasteiger charge is 2.32. The largest absolute Gasteiger partial charge is 0.350 e. The molecule has 31 heavy (non-hydrogen) atoms. The number of benzene rings is 2. The highest BCUT2D eigenvalue weighted by molar-refractivity contribution is 6.36. The molecule has 0 saturated carbocycles. The van der Waals surface area contributed by atoms with Crippen molar-refractivity contribution in [2.45, 2.75) is 58.7 Å². The average Bonchev–Trinajstić information content (AvgIpc) is 2.65. The van der Waals surface area contributed by atoms with E-state index in [1.54, 1.807) is 25.1 Å². The van der Waals surface area contributed by atoms with E-state index in [-0.39, 0.29) is 29.5 Å². The summed E-state index contributed by atoms with van der Waals surface area (Å²) in [5.74, 6) is -1.35. The minimum absolute atomic E-state index is 0.000515. The Labute approximate surface area is 197 Å². The molecule has 4 nitrogen and oxygen atoms in total. The zero-order valence-electron chi connectivity index (χ0n) is 17.9. The molecule has 0 aliphatic rings. The van der Waals surface area contributed by atoms with Crippen LogP contribution in [-0.4, -0.2) is 28.3 Å². The van der Waals surface area contributed by atoms with E-state index in [9.17, 15) is 14.0 Å². The van der Waals surface area contributed by atoms with E-state index < -0.39 is 23.3 Å². The van der Waals surface area contributed by atoms with Crippen molar-refractivity contribution >= 4 is 46.6 Å². The molecule has 2 aromatic rings. The smallest absolute Gasteiger partial charge is 0.243 e. The summed E-state index contributed by atoms with van der Waals surface area (Å²) in [5, 5.41) is 3.81. The number of nitrogens with zero attached hydrogens (tertiary/aromatic N) is 1. The molecule has 0 spiro atoms. The van der Waals surface area contributed by atoms with Gasteiger partial charge in [0.15, 0.2) is 0 Å². The van der Waals surface area contributed by atoms with Gasteiger partial charge in [0.25, 0.3) is 0 Å². The molecule has 1 N–H and O–H groups in total. The lowest BCUT2D eigenvalue weighted by atomic mass is 10.0. The first-order valence-corrected chi connectivity index (χ1v) is 11.0. The van der Waals surface area contributed by atoms with Crippen LogP contribution in [0.1, 0.15) is 45.2 Å². The molecule has 168 valence electrons. The molecule has 0 bridgehead atoms. The number of carbonyl (C=O) groups excluding carboxylic acids is 2. The van der Waals surface area contributed by atoms with Gasteiger partial charge in [-0.25, -0.2) is 4.39 Å². The van der Waals surface area contributed by atoms with Gasteiger partial charge in [0.05, 0.1) is 6.42 Å². The van der Waals surface area contributed by atoms with E-state index in [0.717, 1.165) is 0 Å². The van der Waals surface area contributed by atoms with Crippen molar-refractivity contribution in [3.05, 3.63) is 68.4 Å². The quantitative estimate of drug-likeness (QED) is 0.517. The van der Waals surface area contributed by atoms with E-state index in [0.29, 0.717) is 22.0 Å². The van der Waals surface area contributed by atoms with Crippen molar-refractivity contribution in [3.8, 4) is 0 Å². The number of nitrogens with one attached hydrogen (secondary N) is 1. The first-order chi connectivity index (χ1) is 14.4. The predicted octanol–water partition coefficient (Wildman–Crippen LogP) is 6.05. The third-order valence-corrected chi connectivity index (χ3v) is 5.73. The second-order valence-corrected chi connectivity index (χ2v) is 9.48. The van der Waals surface area contributed by atoms with Gasteiger partial charge < -0.3 is 10.2 Å². The summed E-state index contributed by atoms with van der Waals surface area (Å²) in [7, 11) is 0. The minimum atomic E-state index is -0.801. The Morgan fingerprint density at radius 3 is 2.00 bits per heavy atom. The maximum absolute atomic E-state index is 14.3. The lowest BCUT2D eigenvalue weighted by Gasteiger charge is -2.33. The van der Waals surface area contributed by atoms with E-state index in [1.807, 2.05) is 20.8 Å². The molecular formula is C23H26Cl3FN2O2. The van der Waals surface area contributed by atoms with Crippen LogP contribution in [0.25, 0.3) is 0 Å². The Balaban J connectivity index is 2.45. The van der Waals surface area contributed by atoms with Crippen molar-refractivity contribution in [3.63, 3.8) is 0 Å². The molecule has 0 unspecified atom stereocenters. The van der Waals surface area contributed by atoms with Crippen LogP contribution >= 0.6 is 34.8 Å². The zero-order chi connectivity index (χ0) is 23.3. The second kappa shape index (κ2) is 10.7. The summed E-state index contributed by atoms with van der Waals surface area (Å²) in [6, 6.07) is 8.45. The van der Waals surface area contributed by atoms with Gasteiger partial charge in [0, 0.05) is 38.3 Å². The summed E-state index contributed by atoms with van der Waals surface area (Å²) in [4.78, 5) is 27.7. The number of rotatable bonds is 7. The first kappa shape index (κ1) is 25.4. The third kappa shape index (κ3) is 6.83. The van der Waals surface area contributed by atoms with Crippen molar-refractivity contribution in [1.29, 1.82) is 0 Å². The van der Waals surface area contributed by atoms with Crippen molar-refractivity contribution in [2.75, 3.05) is 0 Å². The Morgan fingerprint density at radius 1 is 1.00 bits per heavy atom. The molecule has 2 aromatic carbocycles. The van der Waals surface area contributed by atoms with Crippen LogP contribution in [0, 0.1) is 5.82 Å². The van der Waals surface area contributed by atoms with Crippen LogP contribution < -0.4 is 5.32 Å². The highest BCUT2D eigenvalue weighted by Crippen LogP contribution is 2.28. The maximum Gasteiger partial charge on any atom is 0.243 e. The van der Waals surface area contributed by atoms with Crippen LogP contribution in [-0.2, 0) is 22.6 Å². The molecule has 0 heterocycles. The fraction of sp³-hybridized carbons (Fsp3) is 0.391. The third-order valence-electron chi connectivity index (χ3n) is 4.66. The van der Waals surface area contributed by atoms with Gasteiger partial charge in [0.2, 0.25) is 11.8 Å². The molecule has 0 aliphatic heterocycles. The molecule has 0 aromatic heterocycles. The lowest BCUT2D eigenvalue weighted by molar-refractivity contribution is -0.141. The highest BCUT2D eigenvalue weighted by atomic mass is 35.5. The van der Waals surface area contributed by atoms with E-state index in [1.165, 1.54) is 23.1 Å². The van der Waals surface area contributed by atoms with Crippen LogP contribution in [0.15, 0.2) is 36.4 Å². The molecule has 0 fully saturated rings. The van der Waals surface area contributed by atoms with Crippen LogP contribution in [0.3, 0.4) is 0 Å². The predicted molar refractivity (Wildman–Crippen MR) is 124 cm³/mol. The van der Waals surface area contributed by atoms with E-state index in [4.69, 9.17) is 34.8 Å². The van der Waals surface area contributed by atoms with Gasteiger partial charge in [-0.1, -0.05) is 53.9 Å². The summed E-state index contributed by atoms with van der Waals surface area (Å²) in [6.45, 7) is 7.37. The molecule has 0 saturated heterocycles. The monoisotopic (exact) mass is 486 g/mol. The minimum Gasteiger partial charge on any atom is -0.350 e. The summed E-state index contributed by atoms with van der Waals surface area (Å²) >= 11 is 18.8. The average molecular weight is 488 g/mol. The number of hydrogen-bond donors (Lipinski definition) is 1. The zero-order valence-corrected chi connectivity index (χ0v) is 20.2. The Kier molecular flexibility index (Phi) is 8.75. The molecule has 2 rings (SSSR count). The fourth-order valence-corrected chi connectivity index (χ4v) is 3.93. The normalized spacial score (nSPS) is 12.4. The number of halogens is 4. The fourth-order valence-electron chi connectivity index (χ4n) is 3.18. The maximum atomic E-state index is 14.3. The molecule has 0 aliphatic carbocycles. The van der Waals surface area contributed by atoms with Gasteiger partial charge >= 0.3 is 0 Å². The topological polar surface area (TPSA) is 49.4 Å². The lowest BCUT2D eigenvalue weighted by Crippen LogP contribution is -2.53. The molecular weight excluding hydrogens is 462 g/mol. The van der Waals surface area contributed by atoms with Crippen LogP contribution in [0.5, 0.6) is 0 Å². The Morgan fingerprint density at radius 2 is 1.52 bits per heavy atom. The van der Waals surface area contributed by atoms with Crippen molar-refractivity contribution < 1.29 is 14.0 Å². The van der Waals surface area contributed by atoms with Gasteiger partial charge in [-0.15, -0.1) is 0 Å². The Hall–Kier alpha value is -1.82. The van der Waals surface area contributed by atoms with Gasteiger partial charge in [-0.2, -0.15) is 0 Å². The van der Waals surface area contributed by atoms with E-state index in [2.05, 4.69) is 5.32 Å². The second-order valence-electron chi connectivity index (χ2n) is 8.26.